The second-order valence-electron chi connectivity index (χ2n) is 5.55. The smallest absolute Gasteiger partial charge is 0.180 e. The standard InChI is InChI=1S/C21H18FN3S/c22-19-11-6-10-17(13-19)20-12-5-4-9-18(20)14-24-25-21(23)26-15-16-7-2-1-3-8-16/h1-14H,15H2,(H2,23,25). The molecule has 0 aliphatic rings. The van der Waals surface area contributed by atoms with Crippen molar-refractivity contribution in [3.8, 4) is 11.1 Å². The zero-order valence-corrected chi connectivity index (χ0v) is 14.9. The van der Waals surface area contributed by atoms with Crippen LogP contribution in [0.2, 0.25) is 0 Å². The quantitative estimate of drug-likeness (QED) is 0.391. The van der Waals surface area contributed by atoms with Gasteiger partial charge in [-0.2, -0.15) is 5.10 Å². The van der Waals surface area contributed by atoms with E-state index < -0.39 is 0 Å². The molecule has 130 valence electrons. The summed E-state index contributed by atoms with van der Waals surface area (Å²) in [5.74, 6) is 0.472. The van der Waals surface area contributed by atoms with Crippen LogP contribution in [-0.4, -0.2) is 11.4 Å². The first kappa shape index (κ1) is 17.9. The number of nitrogens with two attached hydrogens (primary N) is 1. The van der Waals surface area contributed by atoms with Gasteiger partial charge in [-0.15, -0.1) is 5.10 Å². The highest BCUT2D eigenvalue weighted by Crippen LogP contribution is 2.23. The normalized spacial score (nSPS) is 11.8. The fourth-order valence-electron chi connectivity index (χ4n) is 2.44. The predicted octanol–water partition coefficient (Wildman–Crippen LogP) is 5.07. The van der Waals surface area contributed by atoms with Crippen LogP contribution >= 0.6 is 11.8 Å². The lowest BCUT2D eigenvalue weighted by Crippen LogP contribution is -2.06. The molecule has 0 aromatic heterocycles. The minimum Gasteiger partial charge on any atom is -0.377 e. The molecule has 3 aromatic rings. The van der Waals surface area contributed by atoms with Gasteiger partial charge in [0, 0.05) is 11.3 Å². The second kappa shape index (κ2) is 8.97. The summed E-state index contributed by atoms with van der Waals surface area (Å²) in [6, 6.07) is 24.2. The molecule has 3 nitrogen and oxygen atoms in total. The highest BCUT2D eigenvalue weighted by molar-refractivity contribution is 8.13. The SMILES string of the molecule is NC(=NN=Cc1ccccc1-c1cccc(F)c1)SCc1ccccc1. The molecule has 26 heavy (non-hydrogen) atoms. The van der Waals surface area contributed by atoms with Crippen LogP contribution in [0.1, 0.15) is 11.1 Å². The number of rotatable bonds is 5. The molecule has 0 heterocycles. The molecule has 0 saturated heterocycles. The monoisotopic (exact) mass is 363 g/mol. The van der Waals surface area contributed by atoms with Crippen molar-refractivity contribution in [3.05, 3.63) is 95.8 Å². The molecule has 0 fully saturated rings. The number of thioether (sulfide) groups is 1. The Balaban J connectivity index is 1.70. The molecular formula is C21H18FN3S. The van der Waals surface area contributed by atoms with Crippen molar-refractivity contribution in [2.75, 3.05) is 0 Å². The maximum absolute atomic E-state index is 13.5. The van der Waals surface area contributed by atoms with Gasteiger partial charge in [0.2, 0.25) is 0 Å². The molecule has 0 spiro atoms. The van der Waals surface area contributed by atoms with Gasteiger partial charge >= 0.3 is 0 Å². The van der Waals surface area contributed by atoms with Crippen LogP contribution in [0.5, 0.6) is 0 Å². The maximum atomic E-state index is 13.5. The number of benzene rings is 3. The summed E-state index contributed by atoms with van der Waals surface area (Å²) in [4.78, 5) is 0. The molecular weight excluding hydrogens is 345 g/mol. The summed E-state index contributed by atoms with van der Waals surface area (Å²) < 4.78 is 13.5. The second-order valence-corrected chi connectivity index (χ2v) is 6.55. The van der Waals surface area contributed by atoms with Crippen molar-refractivity contribution < 1.29 is 4.39 Å². The highest BCUT2D eigenvalue weighted by Gasteiger charge is 2.03. The van der Waals surface area contributed by atoms with Crippen molar-refractivity contribution >= 4 is 23.1 Å². The molecule has 0 bridgehead atoms. The first-order chi connectivity index (χ1) is 12.7. The van der Waals surface area contributed by atoms with E-state index >= 15 is 0 Å². The van der Waals surface area contributed by atoms with Gasteiger partial charge in [-0.3, -0.25) is 0 Å². The summed E-state index contributed by atoms with van der Waals surface area (Å²) in [7, 11) is 0. The Labute approximate surface area is 156 Å². The Kier molecular flexibility index (Phi) is 6.17. The number of amidine groups is 1. The Morgan fingerprint density at radius 2 is 1.73 bits per heavy atom. The number of nitrogens with zero attached hydrogens (tertiary/aromatic N) is 2. The zero-order valence-electron chi connectivity index (χ0n) is 14.0. The van der Waals surface area contributed by atoms with E-state index in [0.717, 1.165) is 22.4 Å². The van der Waals surface area contributed by atoms with E-state index in [-0.39, 0.29) is 5.82 Å². The first-order valence-electron chi connectivity index (χ1n) is 8.10. The number of hydrogen-bond donors (Lipinski definition) is 1. The van der Waals surface area contributed by atoms with Crippen LogP contribution < -0.4 is 5.73 Å². The van der Waals surface area contributed by atoms with Crippen LogP contribution in [0.15, 0.2) is 89.1 Å². The third-order valence-electron chi connectivity index (χ3n) is 3.68. The predicted molar refractivity (Wildman–Crippen MR) is 109 cm³/mol. The lowest BCUT2D eigenvalue weighted by atomic mass is 10.0. The van der Waals surface area contributed by atoms with E-state index in [1.54, 1.807) is 12.3 Å². The molecule has 0 unspecified atom stereocenters. The largest absolute Gasteiger partial charge is 0.377 e. The molecule has 0 atom stereocenters. The van der Waals surface area contributed by atoms with E-state index in [0.29, 0.717) is 5.17 Å². The van der Waals surface area contributed by atoms with Crippen molar-refractivity contribution in [1.82, 2.24) is 0 Å². The van der Waals surface area contributed by atoms with Crippen LogP contribution in [0.25, 0.3) is 11.1 Å². The van der Waals surface area contributed by atoms with E-state index in [1.807, 2.05) is 60.7 Å². The lowest BCUT2D eigenvalue weighted by Gasteiger charge is -2.05. The summed E-state index contributed by atoms with van der Waals surface area (Å²) in [6.07, 6.45) is 1.64. The molecule has 3 rings (SSSR count). The van der Waals surface area contributed by atoms with Gasteiger partial charge in [-0.1, -0.05) is 78.5 Å². The Morgan fingerprint density at radius 1 is 0.962 bits per heavy atom. The number of hydrogen-bond acceptors (Lipinski definition) is 3. The summed E-state index contributed by atoms with van der Waals surface area (Å²) >= 11 is 1.43. The van der Waals surface area contributed by atoms with Crippen LogP contribution in [-0.2, 0) is 5.75 Å². The Bertz CT molecular complexity index is 923. The van der Waals surface area contributed by atoms with Crippen molar-refractivity contribution in [3.63, 3.8) is 0 Å². The van der Waals surface area contributed by atoms with E-state index in [1.165, 1.54) is 29.5 Å². The van der Waals surface area contributed by atoms with Gasteiger partial charge in [0.15, 0.2) is 5.17 Å². The van der Waals surface area contributed by atoms with E-state index in [9.17, 15) is 4.39 Å². The average molecular weight is 363 g/mol. The van der Waals surface area contributed by atoms with Crippen LogP contribution in [0.3, 0.4) is 0 Å². The molecule has 0 aliphatic carbocycles. The molecule has 2 N–H and O–H groups in total. The lowest BCUT2D eigenvalue weighted by molar-refractivity contribution is 0.628. The molecule has 0 aliphatic heterocycles. The molecule has 0 radical (unpaired) electrons. The summed E-state index contributed by atoms with van der Waals surface area (Å²) in [5, 5.41) is 8.52. The summed E-state index contributed by atoms with van der Waals surface area (Å²) in [6.45, 7) is 0. The Morgan fingerprint density at radius 3 is 2.54 bits per heavy atom. The maximum Gasteiger partial charge on any atom is 0.180 e. The minimum absolute atomic E-state index is 0.270. The Hall–Kier alpha value is -2.92. The fourth-order valence-corrected chi connectivity index (χ4v) is 3.05. The van der Waals surface area contributed by atoms with Gasteiger partial charge in [-0.25, -0.2) is 4.39 Å². The average Bonchev–Trinajstić information content (AvgIpc) is 2.67. The van der Waals surface area contributed by atoms with Crippen molar-refractivity contribution in [2.24, 2.45) is 15.9 Å². The van der Waals surface area contributed by atoms with Crippen LogP contribution in [0, 0.1) is 5.82 Å². The third kappa shape index (κ3) is 5.04. The van der Waals surface area contributed by atoms with E-state index in [2.05, 4.69) is 10.2 Å². The number of halogens is 1. The topological polar surface area (TPSA) is 50.7 Å². The van der Waals surface area contributed by atoms with Crippen molar-refractivity contribution in [2.45, 2.75) is 5.75 Å². The van der Waals surface area contributed by atoms with Gasteiger partial charge in [0.05, 0.1) is 6.21 Å². The molecule has 0 saturated carbocycles. The molecule has 0 amide bonds. The van der Waals surface area contributed by atoms with Gasteiger partial charge in [0.25, 0.3) is 0 Å². The highest BCUT2D eigenvalue weighted by atomic mass is 32.2. The zero-order chi connectivity index (χ0) is 18.2. The van der Waals surface area contributed by atoms with Crippen molar-refractivity contribution in [1.29, 1.82) is 0 Å². The molecule has 3 aromatic carbocycles. The fraction of sp³-hybridized carbons (Fsp3) is 0.0476. The first-order valence-corrected chi connectivity index (χ1v) is 9.09. The minimum atomic E-state index is -0.270. The van der Waals surface area contributed by atoms with E-state index in [4.69, 9.17) is 5.73 Å². The van der Waals surface area contributed by atoms with Gasteiger partial charge in [-0.05, 0) is 28.8 Å². The summed E-state index contributed by atoms with van der Waals surface area (Å²) in [5.41, 5.74) is 9.62. The van der Waals surface area contributed by atoms with Gasteiger partial charge < -0.3 is 5.73 Å². The van der Waals surface area contributed by atoms with Gasteiger partial charge in [0.1, 0.15) is 5.82 Å². The molecule has 5 heteroatoms. The van der Waals surface area contributed by atoms with Crippen LogP contribution in [0.4, 0.5) is 4.39 Å². The third-order valence-corrected chi connectivity index (χ3v) is 4.53.